The minimum Gasteiger partial charge on any atom is -0.509 e. The van der Waals surface area contributed by atoms with E-state index in [2.05, 4.69) is 15.4 Å². The van der Waals surface area contributed by atoms with Gasteiger partial charge in [-0.05, 0) is 84.6 Å². The van der Waals surface area contributed by atoms with Crippen molar-refractivity contribution in [3.63, 3.8) is 0 Å². The molecule has 0 saturated carbocycles. The standard InChI is InChI=1S/C21H19Cl2NO4.C19H17Cl2NO3.C4H6O3/c1-12(26)28-19-18(20(27)24-21(19,2)9-10-25)16-11-14(5-8-17(16)23)13-3-6-15(22)7-4-13;1-19(8-9-23)17(24)16(18(25)22-19)14-10-12(4-7-15(14)21)11-2-5-13(20)6-3-11;1-3(5)7-4(2)6/h3-8,11,25H,9-10H2,1-2H3,(H,24,27);2-7,10,23-24H,8-9H2,1H3,(H,22,25);1-2H3. The van der Waals surface area contributed by atoms with Crippen LogP contribution in [0.2, 0.25) is 20.1 Å². The summed E-state index contributed by atoms with van der Waals surface area (Å²) in [7, 11) is 0. The predicted octanol–water partition coefficient (Wildman–Crippen LogP) is 8.50. The van der Waals surface area contributed by atoms with Gasteiger partial charge in [0, 0.05) is 78.0 Å². The number of halogens is 4. The van der Waals surface area contributed by atoms with E-state index in [1.54, 1.807) is 62.4 Å². The predicted molar refractivity (Wildman–Crippen MR) is 231 cm³/mol. The maximum atomic E-state index is 12.8. The van der Waals surface area contributed by atoms with Gasteiger partial charge >= 0.3 is 17.9 Å². The summed E-state index contributed by atoms with van der Waals surface area (Å²) in [5.41, 5.74) is 2.70. The summed E-state index contributed by atoms with van der Waals surface area (Å²) in [6.45, 7) is 6.64. The Balaban J connectivity index is 0.000000230. The van der Waals surface area contributed by atoms with Crippen LogP contribution in [0.3, 0.4) is 0 Å². The SMILES string of the molecule is CC(=O)OC(C)=O.CC(=O)OC1=C(c2cc(-c3ccc(Cl)cc3)ccc2Cl)C(=O)NC1(C)CCO.CC1(CCO)NC(=O)C(c2cc(-c3ccc(Cl)cc3)ccc2Cl)=C1O. The summed E-state index contributed by atoms with van der Waals surface area (Å²) in [6.07, 6.45) is 0.405. The molecule has 2 amide bonds. The first-order valence-corrected chi connectivity index (χ1v) is 19.8. The van der Waals surface area contributed by atoms with Crippen molar-refractivity contribution in [2.75, 3.05) is 13.2 Å². The molecular formula is C44H42Cl4N2O10. The number of hydrogen-bond acceptors (Lipinski definition) is 10. The quantitative estimate of drug-likeness (QED) is 0.0805. The first-order chi connectivity index (χ1) is 28.2. The second kappa shape index (κ2) is 20.4. The van der Waals surface area contributed by atoms with Crippen molar-refractivity contribution in [2.45, 2.75) is 58.5 Å². The molecule has 12 nitrogen and oxygen atoms in total. The fraction of sp³-hybridized carbons (Fsp3) is 0.250. The number of ether oxygens (including phenoxy) is 2. The average Bonchev–Trinajstić information content (AvgIpc) is 3.54. The molecule has 6 rings (SSSR count). The highest BCUT2D eigenvalue weighted by molar-refractivity contribution is 6.36. The molecule has 60 heavy (non-hydrogen) atoms. The van der Waals surface area contributed by atoms with E-state index in [0.717, 1.165) is 22.3 Å². The van der Waals surface area contributed by atoms with Gasteiger partial charge in [-0.15, -0.1) is 0 Å². The van der Waals surface area contributed by atoms with Gasteiger partial charge in [0.15, 0.2) is 0 Å². The highest BCUT2D eigenvalue weighted by atomic mass is 35.5. The molecule has 0 aliphatic carbocycles. The van der Waals surface area contributed by atoms with Crippen molar-refractivity contribution >= 4 is 87.3 Å². The number of aliphatic hydroxyl groups excluding tert-OH is 3. The third kappa shape index (κ3) is 11.5. The lowest BCUT2D eigenvalue weighted by Crippen LogP contribution is -2.43. The number of rotatable bonds is 9. The van der Waals surface area contributed by atoms with E-state index in [1.807, 2.05) is 36.4 Å². The Hall–Kier alpha value is -5.21. The van der Waals surface area contributed by atoms with E-state index in [0.29, 0.717) is 31.2 Å². The van der Waals surface area contributed by atoms with Crippen molar-refractivity contribution in [3.8, 4) is 22.3 Å². The largest absolute Gasteiger partial charge is 0.509 e. The Morgan fingerprint density at radius 3 is 1.37 bits per heavy atom. The minimum atomic E-state index is -1.01. The topological polar surface area (TPSA) is 189 Å². The fourth-order valence-corrected chi connectivity index (χ4v) is 7.07. The molecule has 0 spiro atoms. The number of amides is 2. The van der Waals surface area contributed by atoms with E-state index in [1.165, 1.54) is 20.8 Å². The molecule has 2 heterocycles. The zero-order chi connectivity index (χ0) is 44.5. The molecule has 2 aliphatic heterocycles. The molecule has 0 saturated heterocycles. The third-order valence-electron chi connectivity index (χ3n) is 9.30. The van der Waals surface area contributed by atoms with Crippen LogP contribution in [-0.2, 0) is 33.4 Å². The molecule has 2 aliphatic rings. The molecule has 5 N–H and O–H groups in total. The van der Waals surface area contributed by atoms with Crippen LogP contribution in [0, 0.1) is 0 Å². The molecule has 0 radical (unpaired) electrons. The maximum absolute atomic E-state index is 12.8. The van der Waals surface area contributed by atoms with Crippen LogP contribution in [0.4, 0.5) is 0 Å². The van der Waals surface area contributed by atoms with Crippen LogP contribution in [0.1, 0.15) is 58.6 Å². The first-order valence-electron chi connectivity index (χ1n) is 18.3. The highest BCUT2D eigenvalue weighted by Gasteiger charge is 2.45. The summed E-state index contributed by atoms with van der Waals surface area (Å²) >= 11 is 24.6. The minimum absolute atomic E-state index is 0.110. The summed E-state index contributed by atoms with van der Waals surface area (Å²) in [5, 5.41) is 36.7. The van der Waals surface area contributed by atoms with Gasteiger partial charge in [0.1, 0.15) is 11.5 Å². The second-order valence-electron chi connectivity index (χ2n) is 14.0. The van der Waals surface area contributed by atoms with Gasteiger partial charge in [-0.3, -0.25) is 24.0 Å². The van der Waals surface area contributed by atoms with Gasteiger partial charge in [0.2, 0.25) is 0 Å². The fourth-order valence-electron chi connectivity index (χ4n) is 6.39. The van der Waals surface area contributed by atoms with Gasteiger partial charge in [-0.1, -0.05) is 82.8 Å². The molecule has 0 bridgehead atoms. The molecule has 0 fully saturated rings. The summed E-state index contributed by atoms with van der Waals surface area (Å²) in [4.78, 5) is 56.5. The number of esters is 3. The van der Waals surface area contributed by atoms with Crippen molar-refractivity contribution in [3.05, 3.63) is 128 Å². The molecule has 16 heteroatoms. The summed E-state index contributed by atoms with van der Waals surface area (Å²) in [5.74, 6) is -2.46. The van der Waals surface area contributed by atoms with Crippen LogP contribution in [0.15, 0.2) is 96.4 Å². The first kappa shape index (κ1) is 47.5. The third-order valence-corrected chi connectivity index (χ3v) is 10.5. The number of hydrogen-bond donors (Lipinski definition) is 5. The normalized spacial score (nSPS) is 18.1. The molecular weight excluding hydrogens is 858 g/mol. The molecule has 0 aromatic heterocycles. The second-order valence-corrected chi connectivity index (χ2v) is 15.7. The maximum Gasteiger partial charge on any atom is 0.310 e. The Bertz CT molecular complexity index is 2350. The van der Waals surface area contributed by atoms with E-state index in [4.69, 9.17) is 51.1 Å². The van der Waals surface area contributed by atoms with Gasteiger partial charge in [-0.25, -0.2) is 0 Å². The lowest BCUT2D eigenvalue weighted by molar-refractivity contribution is -0.156. The van der Waals surface area contributed by atoms with E-state index >= 15 is 0 Å². The Labute approximate surface area is 366 Å². The van der Waals surface area contributed by atoms with Crippen LogP contribution in [0.5, 0.6) is 0 Å². The lowest BCUT2D eigenvalue weighted by Gasteiger charge is -2.26. The van der Waals surface area contributed by atoms with Gasteiger partial charge < -0.3 is 35.4 Å². The Morgan fingerprint density at radius 2 is 0.967 bits per heavy atom. The van der Waals surface area contributed by atoms with Crippen molar-refractivity contribution in [2.24, 2.45) is 0 Å². The Kier molecular flexibility index (Phi) is 16.1. The molecule has 4 aromatic rings. The van der Waals surface area contributed by atoms with Crippen LogP contribution in [-0.4, -0.2) is 69.3 Å². The molecule has 2 atom stereocenters. The Morgan fingerprint density at radius 1 is 0.583 bits per heavy atom. The number of carbonyl (C=O) groups is 5. The smallest absolute Gasteiger partial charge is 0.310 e. The lowest BCUT2D eigenvalue weighted by atomic mass is 9.93. The molecule has 316 valence electrons. The van der Waals surface area contributed by atoms with Crippen LogP contribution >= 0.6 is 46.4 Å². The van der Waals surface area contributed by atoms with E-state index in [-0.39, 0.29) is 48.7 Å². The zero-order valence-electron chi connectivity index (χ0n) is 33.1. The average molecular weight is 901 g/mol. The van der Waals surface area contributed by atoms with Crippen LogP contribution in [0.25, 0.3) is 33.4 Å². The van der Waals surface area contributed by atoms with Crippen molar-refractivity contribution in [1.82, 2.24) is 10.6 Å². The summed E-state index contributed by atoms with van der Waals surface area (Å²) < 4.78 is 9.38. The number of benzene rings is 4. The van der Waals surface area contributed by atoms with Gasteiger partial charge in [0.25, 0.3) is 11.8 Å². The molecule has 2 unspecified atom stereocenters. The summed E-state index contributed by atoms with van der Waals surface area (Å²) in [6, 6.07) is 25.2. The van der Waals surface area contributed by atoms with Gasteiger partial charge in [-0.2, -0.15) is 0 Å². The van der Waals surface area contributed by atoms with Crippen LogP contribution < -0.4 is 10.6 Å². The zero-order valence-corrected chi connectivity index (χ0v) is 36.1. The van der Waals surface area contributed by atoms with E-state index in [9.17, 15) is 39.3 Å². The monoisotopic (exact) mass is 898 g/mol. The molecule has 4 aromatic carbocycles. The number of aliphatic hydroxyl groups is 3. The number of carbonyl (C=O) groups excluding carboxylic acids is 5. The van der Waals surface area contributed by atoms with Crippen molar-refractivity contribution < 1.29 is 48.8 Å². The van der Waals surface area contributed by atoms with Gasteiger partial charge in [0.05, 0.1) is 22.2 Å². The number of nitrogens with one attached hydrogen (secondary N) is 2. The van der Waals surface area contributed by atoms with Crippen molar-refractivity contribution in [1.29, 1.82) is 0 Å². The highest BCUT2D eigenvalue weighted by Crippen LogP contribution is 2.41. The van der Waals surface area contributed by atoms with E-state index < -0.39 is 40.8 Å².